The van der Waals surface area contributed by atoms with Crippen molar-refractivity contribution in [2.75, 3.05) is 19.6 Å². The molecule has 2 aromatic heterocycles. The number of piperidine rings is 1. The van der Waals surface area contributed by atoms with E-state index in [1.165, 1.54) is 30.7 Å². The standard InChI is InChI=1S/C14H18BrN3/c1-2-17-6-3-4-11(10-17)14-16-9-13-8-12(15)5-7-18(13)14/h5,7-9,11H,2-4,6,10H2,1H3. The summed E-state index contributed by atoms with van der Waals surface area (Å²) in [7, 11) is 0. The van der Waals surface area contributed by atoms with Gasteiger partial charge in [0.05, 0.1) is 11.7 Å². The predicted molar refractivity (Wildman–Crippen MR) is 77.0 cm³/mol. The molecule has 1 unspecified atom stereocenters. The Morgan fingerprint density at radius 3 is 3.22 bits per heavy atom. The van der Waals surface area contributed by atoms with Gasteiger partial charge in [0.1, 0.15) is 5.82 Å². The number of imidazole rings is 1. The van der Waals surface area contributed by atoms with E-state index in [0.29, 0.717) is 5.92 Å². The topological polar surface area (TPSA) is 20.5 Å². The number of hydrogen-bond donors (Lipinski definition) is 0. The minimum atomic E-state index is 0.572. The van der Waals surface area contributed by atoms with Gasteiger partial charge < -0.3 is 9.30 Å². The van der Waals surface area contributed by atoms with Crippen LogP contribution in [0, 0.1) is 0 Å². The average molecular weight is 308 g/mol. The highest BCUT2D eigenvalue weighted by molar-refractivity contribution is 9.10. The highest BCUT2D eigenvalue weighted by Crippen LogP contribution is 2.27. The third-order valence-corrected chi connectivity index (χ3v) is 4.33. The lowest BCUT2D eigenvalue weighted by Gasteiger charge is -2.31. The molecule has 0 aliphatic carbocycles. The Balaban J connectivity index is 1.94. The minimum Gasteiger partial charge on any atom is -0.303 e. The van der Waals surface area contributed by atoms with Crippen LogP contribution in [0.4, 0.5) is 0 Å². The number of nitrogens with zero attached hydrogens (tertiary/aromatic N) is 3. The van der Waals surface area contributed by atoms with Gasteiger partial charge in [-0.3, -0.25) is 0 Å². The van der Waals surface area contributed by atoms with Crippen LogP contribution < -0.4 is 0 Å². The van der Waals surface area contributed by atoms with Crippen molar-refractivity contribution < 1.29 is 0 Å². The van der Waals surface area contributed by atoms with Crippen LogP contribution in [-0.4, -0.2) is 33.9 Å². The van der Waals surface area contributed by atoms with Crippen molar-refractivity contribution in [3.8, 4) is 0 Å². The van der Waals surface area contributed by atoms with Crippen LogP contribution in [-0.2, 0) is 0 Å². The molecule has 0 radical (unpaired) electrons. The molecule has 3 nitrogen and oxygen atoms in total. The lowest BCUT2D eigenvalue weighted by Crippen LogP contribution is -2.34. The van der Waals surface area contributed by atoms with Gasteiger partial charge in [0, 0.05) is 23.1 Å². The van der Waals surface area contributed by atoms with Crippen molar-refractivity contribution in [1.82, 2.24) is 14.3 Å². The van der Waals surface area contributed by atoms with Crippen LogP contribution in [0.5, 0.6) is 0 Å². The van der Waals surface area contributed by atoms with E-state index >= 15 is 0 Å². The summed E-state index contributed by atoms with van der Waals surface area (Å²) in [6.45, 7) is 5.77. The number of fused-ring (bicyclic) bond motifs is 1. The van der Waals surface area contributed by atoms with Gasteiger partial charge in [-0.2, -0.15) is 0 Å². The van der Waals surface area contributed by atoms with Crippen LogP contribution in [0.2, 0.25) is 0 Å². The molecule has 0 spiro atoms. The van der Waals surface area contributed by atoms with Gasteiger partial charge in [-0.1, -0.05) is 22.9 Å². The third-order valence-electron chi connectivity index (χ3n) is 3.84. The maximum atomic E-state index is 4.64. The summed E-state index contributed by atoms with van der Waals surface area (Å²) in [6.07, 6.45) is 6.63. The molecular weight excluding hydrogens is 290 g/mol. The second-order valence-corrected chi connectivity index (χ2v) is 5.90. The zero-order valence-corrected chi connectivity index (χ0v) is 12.2. The molecule has 2 aromatic rings. The summed E-state index contributed by atoms with van der Waals surface area (Å²) in [5.41, 5.74) is 1.17. The zero-order valence-electron chi connectivity index (χ0n) is 10.6. The predicted octanol–water partition coefficient (Wildman–Crippen LogP) is 3.30. The van der Waals surface area contributed by atoms with Gasteiger partial charge in [0.25, 0.3) is 0 Å². The molecule has 0 bridgehead atoms. The van der Waals surface area contributed by atoms with Crippen molar-refractivity contribution in [3.05, 3.63) is 34.8 Å². The maximum Gasteiger partial charge on any atom is 0.117 e. The van der Waals surface area contributed by atoms with Crippen LogP contribution in [0.25, 0.3) is 5.52 Å². The van der Waals surface area contributed by atoms with Gasteiger partial charge in [-0.15, -0.1) is 0 Å². The van der Waals surface area contributed by atoms with E-state index in [-0.39, 0.29) is 0 Å². The molecular formula is C14H18BrN3. The highest BCUT2D eigenvalue weighted by atomic mass is 79.9. The monoisotopic (exact) mass is 307 g/mol. The number of aromatic nitrogens is 2. The second kappa shape index (κ2) is 5.02. The van der Waals surface area contributed by atoms with Gasteiger partial charge in [-0.25, -0.2) is 4.98 Å². The molecule has 18 heavy (non-hydrogen) atoms. The summed E-state index contributed by atoms with van der Waals surface area (Å²) >= 11 is 3.51. The average Bonchev–Trinajstić information content (AvgIpc) is 2.81. The lowest BCUT2D eigenvalue weighted by atomic mass is 9.97. The molecule has 3 heterocycles. The van der Waals surface area contributed by atoms with Crippen molar-refractivity contribution in [2.24, 2.45) is 0 Å². The van der Waals surface area contributed by atoms with E-state index in [9.17, 15) is 0 Å². The number of pyridine rings is 1. The fourth-order valence-corrected chi connectivity index (χ4v) is 3.20. The second-order valence-electron chi connectivity index (χ2n) is 4.99. The van der Waals surface area contributed by atoms with E-state index in [1.807, 2.05) is 6.20 Å². The van der Waals surface area contributed by atoms with E-state index < -0.39 is 0 Å². The molecule has 4 heteroatoms. The number of hydrogen-bond acceptors (Lipinski definition) is 2. The smallest absolute Gasteiger partial charge is 0.117 e. The van der Waals surface area contributed by atoms with Gasteiger partial charge >= 0.3 is 0 Å². The Bertz CT molecular complexity index is 549. The number of halogens is 1. The number of likely N-dealkylation sites (tertiary alicyclic amines) is 1. The van der Waals surface area contributed by atoms with Crippen LogP contribution in [0.3, 0.4) is 0 Å². The summed E-state index contributed by atoms with van der Waals surface area (Å²) < 4.78 is 3.34. The Hall–Kier alpha value is -0.870. The van der Waals surface area contributed by atoms with E-state index in [1.54, 1.807) is 0 Å². The Labute approximate surface area is 116 Å². The van der Waals surface area contributed by atoms with Crippen molar-refractivity contribution in [2.45, 2.75) is 25.7 Å². The molecule has 1 aliphatic heterocycles. The molecule has 0 amide bonds. The molecule has 1 saturated heterocycles. The van der Waals surface area contributed by atoms with Crippen molar-refractivity contribution in [3.63, 3.8) is 0 Å². The molecule has 0 N–H and O–H groups in total. The van der Waals surface area contributed by atoms with Crippen LogP contribution in [0.1, 0.15) is 31.5 Å². The quantitative estimate of drug-likeness (QED) is 0.848. The summed E-state index contributed by atoms with van der Waals surface area (Å²) in [5.74, 6) is 1.79. The van der Waals surface area contributed by atoms with Gasteiger partial charge in [-0.05, 0) is 38.1 Å². The number of rotatable bonds is 2. The molecule has 0 aromatic carbocycles. The molecule has 1 fully saturated rings. The molecule has 1 atom stereocenters. The first-order valence-electron chi connectivity index (χ1n) is 6.63. The summed E-state index contributed by atoms with van der Waals surface area (Å²) in [6, 6.07) is 4.20. The van der Waals surface area contributed by atoms with Crippen LogP contribution >= 0.6 is 15.9 Å². The lowest BCUT2D eigenvalue weighted by molar-refractivity contribution is 0.213. The zero-order chi connectivity index (χ0) is 12.5. The molecule has 0 saturated carbocycles. The van der Waals surface area contributed by atoms with E-state index in [4.69, 9.17) is 0 Å². The fourth-order valence-electron chi connectivity index (χ4n) is 2.85. The van der Waals surface area contributed by atoms with Crippen LogP contribution in [0.15, 0.2) is 29.0 Å². The Morgan fingerprint density at radius 2 is 2.39 bits per heavy atom. The maximum absolute atomic E-state index is 4.64. The highest BCUT2D eigenvalue weighted by Gasteiger charge is 2.23. The first-order chi connectivity index (χ1) is 8.78. The molecule has 3 rings (SSSR count). The molecule has 96 valence electrons. The fraction of sp³-hybridized carbons (Fsp3) is 0.500. The molecule has 1 aliphatic rings. The van der Waals surface area contributed by atoms with E-state index in [2.05, 4.69) is 55.5 Å². The first kappa shape index (κ1) is 12.2. The van der Waals surface area contributed by atoms with Crippen molar-refractivity contribution in [1.29, 1.82) is 0 Å². The third kappa shape index (κ3) is 2.19. The summed E-state index contributed by atoms with van der Waals surface area (Å²) in [4.78, 5) is 7.17. The Morgan fingerprint density at radius 1 is 1.50 bits per heavy atom. The van der Waals surface area contributed by atoms with Gasteiger partial charge in [0.2, 0.25) is 0 Å². The van der Waals surface area contributed by atoms with E-state index in [0.717, 1.165) is 17.6 Å². The normalized spacial score (nSPS) is 21.6. The van der Waals surface area contributed by atoms with Gasteiger partial charge in [0.15, 0.2) is 0 Å². The largest absolute Gasteiger partial charge is 0.303 e. The van der Waals surface area contributed by atoms with Crippen molar-refractivity contribution >= 4 is 21.4 Å². The number of likely N-dealkylation sites (N-methyl/N-ethyl adjacent to an activating group) is 1. The minimum absolute atomic E-state index is 0.572. The summed E-state index contributed by atoms with van der Waals surface area (Å²) in [5, 5.41) is 0. The Kier molecular flexibility index (Phi) is 3.39. The first-order valence-corrected chi connectivity index (χ1v) is 7.42. The SMILES string of the molecule is CCN1CCCC(c2ncc3cc(Br)ccn23)C1.